The van der Waals surface area contributed by atoms with Gasteiger partial charge in [-0.15, -0.1) is 0 Å². The Morgan fingerprint density at radius 1 is 1.31 bits per heavy atom. The predicted molar refractivity (Wildman–Crippen MR) is 116 cm³/mol. The molecule has 7 nitrogen and oxygen atoms in total. The number of nitrogens with one attached hydrogen (secondary N) is 1. The van der Waals surface area contributed by atoms with Crippen molar-refractivity contribution in [3.05, 3.63) is 41.8 Å². The maximum absolute atomic E-state index is 5.17. The minimum absolute atomic E-state index is 0.439. The van der Waals surface area contributed by atoms with E-state index in [-0.39, 0.29) is 0 Å². The Bertz CT molecular complexity index is 1120. The van der Waals surface area contributed by atoms with Gasteiger partial charge in [-0.05, 0) is 32.3 Å². The minimum Gasteiger partial charge on any atom is -0.364 e. The predicted octanol–water partition coefficient (Wildman–Crippen LogP) is 4.49. The molecule has 5 rings (SSSR count). The molecule has 1 fully saturated rings. The Morgan fingerprint density at radius 3 is 2.93 bits per heavy atom. The quantitative estimate of drug-likeness (QED) is 0.472. The lowest BCUT2D eigenvalue weighted by atomic mass is 10.0. The maximum atomic E-state index is 5.17. The van der Waals surface area contributed by atoms with E-state index in [0.29, 0.717) is 6.04 Å². The number of aromatic nitrogens is 5. The van der Waals surface area contributed by atoms with Crippen LogP contribution in [0.15, 0.2) is 29.2 Å². The van der Waals surface area contributed by atoms with E-state index in [1.54, 1.807) is 6.26 Å². The highest BCUT2D eigenvalue weighted by atomic mass is 32.2. The Balaban J connectivity index is 1.55. The molecule has 1 aliphatic rings. The van der Waals surface area contributed by atoms with Gasteiger partial charge in [0.2, 0.25) is 0 Å². The third-order valence-electron chi connectivity index (χ3n) is 5.77. The third kappa shape index (κ3) is 3.44. The molecule has 1 saturated heterocycles. The number of aryl methyl sites for hydroxylation is 1. The Morgan fingerprint density at radius 2 is 2.17 bits per heavy atom. The van der Waals surface area contributed by atoms with Crippen molar-refractivity contribution in [2.45, 2.75) is 45.6 Å². The van der Waals surface area contributed by atoms with E-state index in [1.165, 1.54) is 17.7 Å². The monoisotopic (exact) mass is 410 g/mol. The van der Waals surface area contributed by atoms with Gasteiger partial charge in [0.05, 0.1) is 17.4 Å². The number of pyridine rings is 1. The molecule has 152 valence electrons. The summed E-state index contributed by atoms with van der Waals surface area (Å²) in [6, 6.07) is 2.55. The number of imidazole rings is 1. The van der Waals surface area contributed by atoms with E-state index in [0.717, 1.165) is 66.0 Å². The van der Waals surface area contributed by atoms with Crippen molar-refractivity contribution in [1.82, 2.24) is 29.0 Å². The van der Waals surface area contributed by atoms with Crippen molar-refractivity contribution in [1.29, 1.82) is 0 Å². The first-order chi connectivity index (χ1) is 14.2. The highest BCUT2D eigenvalue weighted by Gasteiger charge is 2.26. The first-order valence-electron chi connectivity index (χ1n) is 10.3. The van der Waals surface area contributed by atoms with Crippen molar-refractivity contribution in [3.8, 4) is 0 Å². The van der Waals surface area contributed by atoms with Crippen LogP contribution in [0, 0.1) is 6.92 Å². The van der Waals surface area contributed by atoms with Gasteiger partial charge in [-0.3, -0.25) is 4.31 Å². The molecule has 5 heterocycles. The van der Waals surface area contributed by atoms with E-state index in [4.69, 9.17) is 9.51 Å². The summed E-state index contributed by atoms with van der Waals surface area (Å²) in [5, 5.41) is 5.19. The molecule has 8 heteroatoms. The van der Waals surface area contributed by atoms with E-state index in [1.807, 2.05) is 31.3 Å². The second-order valence-corrected chi connectivity index (χ2v) is 8.91. The maximum Gasteiger partial charge on any atom is 0.139 e. The van der Waals surface area contributed by atoms with Crippen molar-refractivity contribution < 1.29 is 4.52 Å². The van der Waals surface area contributed by atoms with Crippen molar-refractivity contribution in [2.24, 2.45) is 0 Å². The molecule has 1 N–H and O–H groups in total. The van der Waals surface area contributed by atoms with Crippen molar-refractivity contribution >= 4 is 34.0 Å². The summed E-state index contributed by atoms with van der Waals surface area (Å²) >= 11 is 1.99. The number of nitrogens with zero attached hydrogens (tertiary/aromatic N) is 5. The van der Waals surface area contributed by atoms with Gasteiger partial charge in [-0.2, -0.15) is 0 Å². The van der Waals surface area contributed by atoms with E-state index in [2.05, 4.69) is 37.0 Å². The molecular formula is C21H26N6OS. The summed E-state index contributed by atoms with van der Waals surface area (Å²) in [6.45, 7) is 6.46. The second kappa shape index (κ2) is 7.84. The second-order valence-electron chi connectivity index (χ2n) is 7.73. The van der Waals surface area contributed by atoms with Crippen LogP contribution in [-0.2, 0) is 6.42 Å². The van der Waals surface area contributed by atoms with E-state index >= 15 is 0 Å². The van der Waals surface area contributed by atoms with Crippen LogP contribution >= 0.6 is 11.9 Å². The van der Waals surface area contributed by atoms with Crippen LogP contribution in [0.3, 0.4) is 0 Å². The Kier molecular flexibility index (Phi) is 5.05. The third-order valence-corrected chi connectivity index (χ3v) is 7.09. The number of piperidine rings is 1. The summed E-state index contributed by atoms with van der Waals surface area (Å²) in [7, 11) is 0. The zero-order valence-corrected chi connectivity index (χ0v) is 17.7. The van der Waals surface area contributed by atoms with Gasteiger partial charge in [0.1, 0.15) is 23.3 Å². The summed E-state index contributed by atoms with van der Waals surface area (Å²) in [4.78, 5) is 12.8. The Labute approximate surface area is 174 Å². The van der Waals surface area contributed by atoms with Crippen LogP contribution < -0.4 is 0 Å². The van der Waals surface area contributed by atoms with Gasteiger partial charge in [0.15, 0.2) is 0 Å². The lowest BCUT2D eigenvalue weighted by molar-refractivity contribution is 0.291. The topological polar surface area (TPSA) is 75.8 Å². The molecule has 0 bridgehead atoms. The molecule has 0 unspecified atom stereocenters. The number of aromatic amines is 1. The summed E-state index contributed by atoms with van der Waals surface area (Å²) in [6.07, 6.45) is 9.80. The molecular weight excluding hydrogens is 384 g/mol. The number of H-pyrrole nitrogens is 1. The zero-order chi connectivity index (χ0) is 19.8. The molecule has 0 radical (unpaired) electrons. The molecule has 4 aromatic heterocycles. The standard InChI is InChI=1S/C21H26N6OS/c1-3-10-29-26-8-5-16(6-9-26)27-19(11-15-13-28-25-14(15)2)24-18-12-23-21-17(20(18)27)4-7-22-21/h4,7,12-13,16H,3,5-6,8-11H2,1-2H3,(H,22,23). The first-order valence-corrected chi connectivity index (χ1v) is 11.3. The summed E-state index contributed by atoms with van der Waals surface area (Å²) in [5.74, 6) is 2.27. The number of hydrogen-bond donors (Lipinski definition) is 1. The number of hydrogen-bond acceptors (Lipinski definition) is 6. The van der Waals surface area contributed by atoms with Crippen molar-refractivity contribution in [2.75, 3.05) is 18.8 Å². The molecule has 0 saturated carbocycles. The van der Waals surface area contributed by atoms with Crippen LogP contribution in [0.2, 0.25) is 0 Å². The van der Waals surface area contributed by atoms with Crippen LogP contribution in [0.1, 0.15) is 49.3 Å². The molecule has 4 aromatic rings. The smallest absolute Gasteiger partial charge is 0.139 e. The van der Waals surface area contributed by atoms with Crippen LogP contribution in [0.25, 0.3) is 22.1 Å². The number of fused-ring (bicyclic) bond motifs is 3. The minimum atomic E-state index is 0.439. The van der Waals surface area contributed by atoms with E-state index < -0.39 is 0 Å². The van der Waals surface area contributed by atoms with Crippen LogP contribution in [0.4, 0.5) is 0 Å². The van der Waals surface area contributed by atoms with Crippen molar-refractivity contribution in [3.63, 3.8) is 0 Å². The highest BCUT2D eigenvalue weighted by molar-refractivity contribution is 7.97. The van der Waals surface area contributed by atoms with Gasteiger partial charge in [-0.25, -0.2) is 9.97 Å². The molecule has 0 aliphatic carbocycles. The molecule has 0 amide bonds. The lowest BCUT2D eigenvalue weighted by Gasteiger charge is -2.32. The van der Waals surface area contributed by atoms with E-state index in [9.17, 15) is 0 Å². The molecule has 0 atom stereocenters. The largest absolute Gasteiger partial charge is 0.364 e. The number of rotatable bonds is 6. The molecule has 29 heavy (non-hydrogen) atoms. The SMILES string of the molecule is CCCSN1CCC(n2c(Cc3conc3C)nc3cnc4[nH]ccc4c32)CC1. The first kappa shape index (κ1) is 18.7. The zero-order valence-electron chi connectivity index (χ0n) is 16.9. The summed E-state index contributed by atoms with van der Waals surface area (Å²) < 4.78 is 10.2. The molecule has 0 aromatic carbocycles. The van der Waals surface area contributed by atoms with Gasteiger partial charge < -0.3 is 14.1 Å². The average molecular weight is 411 g/mol. The van der Waals surface area contributed by atoms with Gasteiger partial charge in [0.25, 0.3) is 0 Å². The molecule has 1 aliphatic heterocycles. The lowest BCUT2D eigenvalue weighted by Crippen LogP contribution is -2.31. The highest BCUT2D eigenvalue weighted by Crippen LogP contribution is 2.34. The molecule has 0 spiro atoms. The van der Waals surface area contributed by atoms with Gasteiger partial charge >= 0.3 is 0 Å². The fourth-order valence-electron chi connectivity index (χ4n) is 4.26. The average Bonchev–Trinajstić information content (AvgIpc) is 3.45. The van der Waals surface area contributed by atoms with Crippen LogP contribution in [0.5, 0.6) is 0 Å². The van der Waals surface area contributed by atoms with Gasteiger partial charge in [0, 0.05) is 48.5 Å². The Hall–Kier alpha value is -2.32. The normalized spacial score (nSPS) is 16.3. The van der Waals surface area contributed by atoms with Gasteiger partial charge in [-0.1, -0.05) is 24.0 Å². The summed E-state index contributed by atoms with van der Waals surface area (Å²) in [5.41, 5.74) is 5.10. The fraction of sp³-hybridized carbons (Fsp3) is 0.476. The van der Waals surface area contributed by atoms with Crippen LogP contribution in [-0.4, -0.2) is 47.8 Å². The fourth-order valence-corrected chi connectivity index (χ4v) is 5.17.